The highest BCUT2D eigenvalue weighted by Crippen LogP contribution is 2.33. The summed E-state index contributed by atoms with van der Waals surface area (Å²) in [6.07, 6.45) is -0.400. The van der Waals surface area contributed by atoms with Crippen LogP contribution in [0.1, 0.15) is 30.0 Å². The van der Waals surface area contributed by atoms with Gasteiger partial charge in [-0.05, 0) is 36.6 Å². The van der Waals surface area contributed by atoms with E-state index in [1.807, 2.05) is 0 Å². The zero-order chi connectivity index (χ0) is 25.2. The fourth-order valence-corrected chi connectivity index (χ4v) is 4.67. The molecule has 1 heterocycles. The second-order valence-corrected chi connectivity index (χ2v) is 10.2. The van der Waals surface area contributed by atoms with E-state index in [1.165, 1.54) is 49.3 Å². The minimum atomic E-state index is -3.69. The minimum absolute atomic E-state index is 0.0290. The molecule has 1 N–H and O–H groups in total. The van der Waals surface area contributed by atoms with Gasteiger partial charge in [-0.15, -0.1) is 0 Å². The van der Waals surface area contributed by atoms with Crippen LogP contribution >= 0.6 is 11.6 Å². The average molecular weight is 511 g/mol. The molecule has 0 bridgehead atoms. The zero-order valence-electron chi connectivity index (χ0n) is 19.1. The van der Waals surface area contributed by atoms with Crippen molar-refractivity contribution in [3.05, 3.63) is 68.3 Å². The van der Waals surface area contributed by atoms with Gasteiger partial charge >= 0.3 is 11.7 Å². The molecule has 8 nitrogen and oxygen atoms in total. The van der Waals surface area contributed by atoms with E-state index in [-0.39, 0.29) is 45.3 Å². The summed E-state index contributed by atoms with van der Waals surface area (Å²) in [5.41, 5.74) is 0.0784. The molecular formula is C23H24ClFN2O6S. The molecule has 34 heavy (non-hydrogen) atoms. The first-order valence-corrected chi connectivity index (χ1v) is 12.4. The van der Waals surface area contributed by atoms with E-state index in [0.29, 0.717) is 17.4 Å². The van der Waals surface area contributed by atoms with Gasteiger partial charge in [-0.25, -0.2) is 22.4 Å². The van der Waals surface area contributed by atoms with E-state index in [0.717, 1.165) is 0 Å². The van der Waals surface area contributed by atoms with Crippen LogP contribution in [0.4, 0.5) is 14.9 Å². The Bertz CT molecular complexity index is 1420. The molecular weight excluding hydrogens is 487 g/mol. The summed E-state index contributed by atoms with van der Waals surface area (Å²) in [6, 6.07) is 7.14. The summed E-state index contributed by atoms with van der Waals surface area (Å²) in [7, 11) is -0.668. The highest BCUT2D eigenvalue weighted by atomic mass is 35.5. The number of fused-ring (bicyclic) bond motifs is 1. The summed E-state index contributed by atoms with van der Waals surface area (Å²) in [6.45, 7) is 3.37. The van der Waals surface area contributed by atoms with Crippen LogP contribution in [0.5, 0.6) is 5.75 Å². The standard InChI is InChI=1S/C23H24ClFN2O6S/c1-5-9-34(30,31)26-18-8-6-7-14(21(18)25)10-16-13(2)15-11-17(24)20(33-23(29)27(3)4)12-19(15)32-22(16)28/h6-8,11-12,26H,5,9-10H2,1-4H3. The van der Waals surface area contributed by atoms with E-state index >= 15 is 4.39 Å². The van der Waals surface area contributed by atoms with Crippen LogP contribution in [0.15, 0.2) is 39.5 Å². The third kappa shape index (κ3) is 5.51. The number of benzene rings is 2. The second kappa shape index (κ2) is 10.0. The number of hydrogen-bond acceptors (Lipinski definition) is 6. The van der Waals surface area contributed by atoms with Crippen molar-refractivity contribution in [1.82, 2.24) is 4.90 Å². The molecule has 0 saturated heterocycles. The molecule has 2 aromatic carbocycles. The maximum Gasteiger partial charge on any atom is 0.414 e. The molecule has 3 aromatic rings. The fraction of sp³-hybridized carbons (Fsp3) is 0.304. The van der Waals surface area contributed by atoms with Gasteiger partial charge in [0.15, 0.2) is 11.6 Å². The average Bonchev–Trinajstić information content (AvgIpc) is 2.74. The normalized spacial score (nSPS) is 11.5. The first-order chi connectivity index (χ1) is 15.9. The van der Waals surface area contributed by atoms with Crippen LogP contribution < -0.4 is 15.1 Å². The van der Waals surface area contributed by atoms with Crippen LogP contribution in [0, 0.1) is 12.7 Å². The number of carbonyl (C=O) groups excluding carboxylic acids is 1. The predicted octanol–water partition coefficient (Wildman–Crippen LogP) is 4.70. The number of aryl methyl sites for hydroxylation is 1. The molecule has 1 aromatic heterocycles. The first kappa shape index (κ1) is 25.5. The Kier molecular flexibility index (Phi) is 7.52. The van der Waals surface area contributed by atoms with Crippen molar-refractivity contribution < 1.29 is 26.8 Å². The van der Waals surface area contributed by atoms with E-state index in [2.05, 4.69) is 4.72 Å². The highest BCUT2D eigenvalue weighted by Gasteiger charge is 2.20. The Morgan fingerprint density at radius 3 is 2.62 bits per heavy atom. The number of amides is 1. The number of nitrogens with zero attached hydrogens (tertiary/aromatic N) is 1. The van der Waals surface area contributed by atoms with Crippen molar-refractivity contribution in [2.45, 2.75) is 26.7 Å². The van der Waals surface area contributed by atoms with E-state index in [9.17, 15) is 18.0 Å². The Balaban J connectivity index is 2.01. The number of anilines is 1. The molecule has 0 radical (unpaired) electrons. The summed E-state index contributed by atoms with van der Waals surface area (Å²) >= 11 is 6.27. The predicted molar refractivity (Wildman–Crippen MR) is 129 cm³/mol. The van der Waals surface area contributed by atoms with Crippen molar-refractivity contribution in [3.8, 4) is 5.75 Å². The van der Waals surface area contributed by atoms with Crippen LogP contribution in [-0.4, -0.2) is 39.3 Å². The second-order valence-electron chi connectivity index (χ2n) is 7.91. The molecule has 0 aliphatic carbocycles. The number of carbonyl (C=O) groups is 1. The van der Waals surface area contributed by atoms with Gasteiger partial charge in [0.25, 0.3) is 0 Å². The van der Waals surface area contributed by atoms with Gasteiger partial charge in [0.1, 0.15) is 5.58 Å². The highest BCUT2D eigenvalue weighted by molar-refractivity contribution is 7.92. The van der Waals surface area contributed by atoms with E-state index in [1.54, 1.807) is 13.8 Å². The van der Waals surface area contributed by atoms with Crippen LogP contribution in [-0.2, 0) is 16.4 Å². The molecule has 3 rings (SSSR count). The molecule has 1 amide bonds. The smallest absolute Gasteiger partial charge is 0.414 e. The summed E-state index contributed by atoms with van der Waals surface area (Å²) in [5, 5.41) is 0.619. The lowest BCUT2D eigenvalue weighted by Crippen LogP contribution is -2.25. The Morgan fingerprint density at radius 2 is 1.97 bits per heavy atom. The molecule has 0 fully saturated rings. The van der Waals surface area contributed by atoms with Gasteiger partial charge in [0, 0.05) is 37.5 Å². The van der Waals surface area contributed by atoms with Crippen molar-refractivity contribution in [1.29, 1.82) is 0 Å². The Hall–Kier alpha value is -3.11. The Labute approximate surface area is 201 Å². The number of sulfonamides is 1. The fourth-order valence-electron chi connectivity index (χ4n) is 3.33. The molecule has 0 spiro atoms. The molecule has 182 valence electrons. The SMILES string of the molecule is CCCS(=O)(=O)Nc1cccc(Cc2c(C)c3cc(Cl)c(OC(=O)N(C)C)cc3oc2=O)c1F. The Morgan fingerprint density at radius 1 is 1.26 bits per heavy atom. The lowest BCUT2D eigenvalue weighted by Gasteiger charge is -2.14. The van der Waals surface area contributed by atoms with Gasteiger partial charge in [-0.2, -0.15) is 0 Å². The molecule has 0 aliphatic heterocycles. The molecule has 0 saturated carbocycles. The maximum absolute atomic E-state index is 15.1. The number of nitrogens with one attached hydrogen (secondary N) is 1. The summed E-state index contributed by atoms with van der Waals surface area (Å²) < 4.78 is 52.0. The lowest BCUT2D eigenvalue weighted by atomic mass is 9.99. The third-order valence-electron chi connectivity index (χ3n) is 5.09. The third-order valence-corrected chi connectivity index (χ3v) is 6.86. The van der Waals surface area contributed by atoms with Crippen molar-refractivity contribution in [2.24, 2.45) is 0 Å². The molecule has 0 aliphatic rings. The number of halogens is 2. The monoisotopic (exact) mass is 510 g/mol. The van der Waals surface area contributed by atoms with Gasteiger partial charge < -0.3 is 14.1 Å². The summed E-state index contributed by atoms with van der Waals surface area (Å²) in [5.74, 6) is -0.886. The largest absolute Gasteiger partial charge is 0.422 e. The summed E-state index contributed by atoms with van der Waals surface area (Å²) in [4.78, 5) is 25.8. The maximum atomic E-state index is 15.1. The van der Waals surface area contributed by atoms with Crippen molar-refractivity contribution in [3.63, 3.8) is 0 Å². The van der Waals surface area contributed by atoms with Crippen LogP contribution in [0.25, 0.3) is 11.0 Å². The first-order valence-electron chi connectivity index (χ1n) is 10.4. The minimum Gasteiger partial charge on any atom is -0.422 e. The van der Waals surface area contributed by atoms with Gasteiger partial charge in [0.2, 0.25) is 10.0 Å². The van der Waals surface area contributed by atoms with Gasteiger partial charge in [-0.1, -0.05) is 30.7 Å². The zero-order valence-corrected chi connectivity index (χ0v) is 20.6. The molecule has 11 heteroatoms. The lowest BCUT2D eigenvalue weighted by molar-refractivity contribution is 0.172. The van der Waals surface area contributed by atoms with Gasteiger partial charge in [-0.3, -0.25) is 4.72 Å². The van der Waals surface area contributed by atoms with Crippen LogP contribution in [0.3, 0.4) is 0 Å². The molecule has 0 unspecified atom stereocenters. The van der Waals surface area contributed by atoms with Crippen LogP contribution in [0.2, 0.25) is 5.02 Å². The van der Waals surface area contributed by atoms with E-state index < -0.39 is 27.6 Å². The number of ether oxygens (including phenoxy) is 1. The van der Waals surface area contributed by atoms with E-state index in [4.69, 9.17) is 20.8 Å². The molecule has 0 atom stereocenters. The van der Waals surface area contributed by atoms with Gasteiger partial charge in [0.05, 0.1) is 16.5 Å². The number of hydrogen-bond donors (Lipinski definition) is 1. The topological polar surface area (TPSA) is 106 Å². The number of rotatable bonds is 7. The van der Waals surface area contributed by atoms with Crippen molar-refractivity contribution >= 4 is 44.4 Å². The van der Waals surface area contributed by atoms with Crippen molar-refractivity contribution in [2.75, 3.05) is 24.6 Å². The quantitative estimate of drug-likeness (QED) is 0.462.